The van der Waals surface area contributed by atoms with E-state index in [2.05, 4.69) is 47.8 Å². The topological polar surface area (TPSA) is 28.2 Å². The van der Waals surface area contributed by atoms with Gasteiger partial charge in [-0.15, -0.1) is 6.58 Å². The van der Waals surface area contributed by atoms with E-state index < -0.39 is 0 Å². The van der Waals surface area contributed by atoms with Crippen LogP contribution in [0.15, 0.2) is 31.0 Å². The molecule has 0 aromatic carbocycles. The molecule has 1 fully saturated rings. The molecule has 1 saturated carbocycles. The Morgan fingerprint density at radius 3 is 2.79 bits per heavy atom. The van der Waals surface area contributed by atoms with Crippen LogP contribution in [0.25, 0.3) is 0 Å². The van der Waals surface area contributed by atoms with E-state index in [4.69, 9.17) is 0 Å². The molecule has 0 aliphatic heterocycles. The molecule has 1 aromatic heterocycles. The van der Waals surface area contributed by atoms with Gasteiger partial charge in [-0.3, -0.25) is 0 Å². The maximum absolute atomic E-state index is 4.59. The number of hydrogen-bond donors (Lipinski definition) is 1. The van der Waals surface area contributed by atoms with E-state index in [-0.39, 0.29) is 0 Å². The Morgan fingerprint density at radius 2 is 2.26 bits per heavy atom. The van der Waals surface area contributed by atoms with Gasteiger partial charge in [0, 0.05) is 25.3 Å². The first-order valence-corrected chi connectivity index (χ1v) is 7.24. The van der Waals surface area contributed by atoms with E-state index in [1.165, 1.54) is 18.4 Å². The molecule has 104 valence electrons. The van der Waals surface area contributed by atoms with Crippen LogP contribution in [0.3, 0.4) is 0 Å². The summed E-state index contributed by atoms with van der Waals surface area (Å²) in [6, 6.07) is 4.98. The summed E-state index contributed by atoms with van der Waals surface area (Å²) in [5.41, 5.74) is 1.25. The van der Waals surface area contributed by atoms with E-state index in [9.17, 15) is 0 Å². The van der Waals surface area contributed by atoms with Gasteiger partial charge < -0.3 is 10.2 Å². The highest BCUT2D eigenvalue weighted by molar-refractivity contribution is 5.43. The molecule has 1 heterocycles. The molecule has 0 amide bonds. The van der Waals surface area contributed by atoms with Crippen LogP contribution in [0.5, 0.6) is 0 Å². The fourth-order valence-corrected chi connectivity index (χ4v) is 2.15. The van der Waals surface area contributed by atoms with Crippen molar-refractivity contribution in [1.82, 2.24) is 10.3 Å². The summed E-state index contributed by atoms with van der Waals surface area (Å²) in [6.07, 6.45) is 6.51. The van der Waals surface area contributed by atoms with E-state index in [1.54, 1.807) is 0 Å². The molecule has 0 unspecified atom stereocenters. The Kier molecular flexibility index (Phi) is 4.97. The average Bonchev–Trinajstić information content (AvgIpc) is 3.21. The molecule has 0 spiro atoms. The maximum atomic E-state index is 4.59. The van der Waals surface area contributed by atoms with Gasteiger partial charge in [-0.2, -0.15) is 0 Å². The molecule has 1 aliphatic carbocycles. The largest absolute Gasteiger partial charge is 0.350 e. The zero-order valence-corrected chi connectivity index (χ0v) is 12.1. The summed E-state index contributed by atoms with van der Waals surface area (Å²) in [5.74, 6) is 1.76. The Morgan fingerprint density at radius 1 is 1.47 bits per heavy atom. The summed E-state index contributed by atoms with van der Waals surface area (Å²) in [5, 5.41) is 3.44. The van der Waals surface area contributed by atoms with Crippen molar-refractivity contribution in [3.63, 3.8) is 0 Å². The van der Waals surface area contributed by atoms with Gasteiger partial charge in [-0.25, -0.2) is 4.98 Å². The number of rotatable bonds is 8. The van der Waals surface area contributed by atoms with E-state index in [1.807, 2.05) is 12.3 Å². The third kappa shape index (κ3) is 4.35. The minimum Gasteiger partial charge on any atom is -0.350 e. The van der Waals surface area contributed by atoms with Gasteiger partial charge in [0.2, 0.25) is 0 Å². The average molecular weight is 259 g/mol. The molecular weight excluding hydrogens is 234 g/mol. The predicted molar refractivity (Wildman–Crippen MR) is 81.3 cm³/mol. The molecule has 0 saturated heterocycles. The molecule has 1 aromatic rings. The van der Waals surface area contributed by atoms with Crippen LogP contribution in [0.1, 0.15) is 32.3 Å². The van der Waals surface area contributed by atoms with Crippen molar-refractivity contribution in [3.8, 4) is 0 Å². The Balaban J connectivity index is 1.91. The summed E-state index contributed by atoms with van der Waals surface area (Å²) in [6.45, 7) is 11.1. The molecule has 1 aliphatic rings. The quantitative estimate of drug-likeness (QED) is 0.727. The van der Waals surface area contributed by atoms with Crippen molar-refractivity contribution < 1.29 is 0 Å². The van der Waals surface area contributed by atoms with Crippen molar-refractivity contribution in [3.05, 3.63) is 36.5 Å². The van der Waals surface area contributed by atoms with Crippen molar-refractivity contribution in [2.45, 2.75) is 39.3 Å². The molecule has 19 heavy (non-hydrogen) atoms. The summed E-state index contributed by atoms with van der Waals surface area (Å²) < 4.78 is 0. The maximum Gasteiger partial charge on any atom is 0.129 e. The van der Waals surface area contributed by atoms with E-state index >= 15 is 0 Å². The molecule has 3 nitrogen and oxygen atoms in total. The molecule has 0 atom stereocenters. The minimum absolute atomic E-state index is 0.676. The molecule has 1 N–H and O–H groups in total. The zero-order chi connectivity index (χ0) is 13.7. The van der Waals surface area contributed by atoms with Crippen molar-refractivity contribution in [2.75, 3.05) is 18.0 Å². The monoisotopic (exact) mass is 259 g/mol. The highest BCUT2D eigenvalue weighted by atomic mass is 15.2. The second-order valence-corrected chi connectivity index (χ2v) is 5.72. The molecular formula is C16H25N3. The van der Waals surface area contributed by atoms with Crippen molar-refractivity contribution in [2.24, 2.45) is 5.92 Å². The van der Waals surface area contributed by atoms with Crippen LogP contribution in [0.4, 0.5) is 5.82 Å². The second-order valence-electron chi connectivity index (χ2n) is 5.72. The van der Waals surface area contributed by atoms with Gasteiger partial charge in [0.1, 0.15) is 5.82 Å². The first-order valence-electron chi connectivity index (χ1n) is 7.24. The lowest BCUT2D eigenvalue weighted by Crippen LogP contribution is -2.26. The van der Waals surface area contributed by atoms with Crippen molar-refractivity contribution >= 4 is 5.82 Å². The summed E-state index contributed by atoms with van der Waals surface area (Å²) in [7, 11) is 0. The summed E-state index contributed by atoms with van der Waals surface area (Å²) in [4.78, 5) is 6.94. The van der Waals surface area contributed by atoms with E-state index in [0.29, 0.717) is 12.0 Å². The smallest absolute Gasteiger partial charge is 0.129 e. The lowest BCUT2D eigenvalue weighted by Gasteiger charge is -2.21. The number of aromatic nitrogens is 1. The number of pyridine rings is 1. The van der Waals surface area contributed by atoms with Crippen LogP contribution >= 0.6 is 0 Å². The number of anilines is 1. The lowest BCUT2D eigenvalue weighted by atomic mass is 10.2. The SMILES string of the molecule is C=CCN(c1ccc(CNCC(C)C)cn1)C1CC1. The van der Waals surface area contributed by atoms with Gasteiger partial charge in [0.25, 0.3) is 0 Å². The highest BCUT2D eigenvalue weighted by Crippen LogP contribution is 2.30. The lowest BCUT2D eigenvalue weighted by molar-refractivity contribution is 0.552. The normalized spacial score (nSPS) is 14.7. The van der Waals surface area contributed by atoms with Crippen LogP contribution in [-0.4, -0.2) is 24.1 Å². The Hall–Kier alpha value is -1.35. The first-order chi connectivity index (χ1) is 9.20. The van der Waals surface area contributed by atoms with E-state index in [0.717, 1.165) is 25.5 Å². The fourth-order valence-electron chi connectivity index (χ4n) is 2.15. The summed E-state index contributed by atoms with van der Waals surface area (Å²) >= 11 is 0. The zero-order valence-electron chi connectivity index (χ0n) is 12.1. The van der Waals surface area contributed by atoms with Gasteiger partial charge in [0.15, 0.2) is 0 Å². The van der Waals surface area contributed by atoms with Crippen molar-refractivity contribution in [1.29, 1.82) is 0 Å². The third-order valence-corrected chi connectivity index (χ3v) is 3.30. The fraction of sp³-hybridized carbons (Fsp3) is 0.562. The Bertz CT molecular complexity index is 393. The van der Waals surface area contributed by atoms with Crippen LogP contribution < -0.4 is 10.2 Å². The molecule has 0 radical (unpaired) electrons. The standard InChI is InChI=1S/C16H25N3/c1-4-9-19(15-6-7-15)16-8-5-14(12-18-16)11-17-10-13(2)3/h4-5,8,12-13,15,17H,1,6-7,9-11H2,2-3H3. The van der Waals surface area contributed by atoms with Gasteiger partial charge in [-0.05, 0) is 36.9 Å². The minimum atomic E-state index is 0.676. The van der Waals surface area contributed by atoms with Crippen LogP contribution in [0, 0.1) is 5.92 Å². The second kappa shape index (κ2) is 6.71. The van der Waals surface area contributed by atoms with Crippen LogP contribution in [0.2, 0.25) is 0 Å². The Labute approximate surface area is 116 Å². The number of nitrogens with one attached hydrogen (secondary N) is 1. The third-order valence-electron chi connectivity index (χ3n) is 3.30. The molecule has 3 heteroatoms. The van der Waals surface area contributed by atoms with Crippen LogP contribution in [-0.2, 0) is 6.54 Å². The number of hydrogen-bond acceptors (Lipinski definition) is 3. The highest BCUT2D eigenvalue weighted by Gasteiger charge is 2.28. The van der Waals surface area contributed by atoms with Gasteiger partial charge >= 0.3 is 0 Å². The molecule has 0 bridgehead atoms. The number of nitrogens with zero attached hydrogens (tertiary/aromatic N) is 2. The first kappa shape index (κ1) is 14.1. The molecule has 2 rings (SSSR count). The predicted octanol–water partition coefficient (Wildman–Crippen LogP) is 2.98. The van der Waals surface area contributed by atoms with Gasteiger partial charge in [-0.1, -0.05) is 26.0 Å². The van der Waals surface area contributed by atoms with Gasteiger partial charge in [0.05, 0.1) is 0 Å².